The van der Waals surface area contributed by atoms with Crippen molar-refractivity contribution in [1.29, 1.82) is 0 Å². The number of hydrogen-bond donors (Lipinski definition) is 2. The number of para-hydroxylation sites is 1. The first-order chi connectivity index (χ1) is 17.2. The molecule has 1 fully saturated rings. The number of hydrogen-bond acceptors (Lipinski definition) is 5. The fraction of sp³-hybridized carbons (Fsp3) is 0.333. The van der Waals surface area contributed by atoms with E-state index in [1.807, 2.05) is 6.07 Å². The minimum absolute atomic E-state index is 0.0320. The quantitative estimate of drug-likeness (QED) is 0.391. The highest BCUT2D eigenvalue weighted by Crippen LogP contribution is 2.47. The molecule has 6 nitrogen and oxygen atoms in total. The number of pyridine rings is 2. The monoisotopic (exact) mass is 495 g/mol. The Morgan fingerprint density at radius 1 is 1.17 bits per heavy atom. The second kappa shape index (κ2) is 8.31. The molecule has 1 aromatic carbocycles. The number of aromatic nitrogens is 3. The number of alkyl halides is 2. The Bertz CT molecular complexity index is 1440. The van der Waals surface area contributed by atoms with E-state index >= 15 is 4.39 Å². The summed E-state index contributed by atoms with van der Waals surface area (Å²) in [6, 6.07) is 11.4. The second-order valence-corrected chi connectivity index (χ2v) is 9.94. The molecule has 2 N–H and O–H groups in total. The number of aliphatic hydroxyl groups is 2. The Morgan fingerprint density at radius 3 is 2.64 bits per heavy atom. The molecule has 2 aliphatic carbocycles. The minimum atomic E-state index is -2.98. The van der Waals surface area contributed by atoms with E-state index < -0.39 is 30.1 Å². The zero-order valence-electron chi connectivity index (χ0n) is 19.4. The molecule has 9 heteroatoms. The fourth-order valence-corrected chi connectivity index (χ4v) is 5.61. The van der Waals surface area contributed by atoms with Crippen LogP contribution in [0.3, 0.4) is 0 Å². The van der Waals surface area contributed by atoms with Crippen molar-refractivity contribution in [3.8, 4) is 16.9 Å². The third kappa shape index (κ3) is 3.83. The molecule has 1 saturated carbocycles. The van der Waals surface area contributed by atoms with Gasteiger partial charge < -0.3 is 19.4 Å². The summed E-state index contributed by atoms with van der Waals surface area (Å²) in [6.45, 7) is -1.18. The second-order valence-electron chi connectivity index (χ2n) is 9.94. The van der Waals surface area contributed by atoms with Crippen molar-refractivity contribution >= 4 is 5.65 Å². The van der Waals surface area contributed by atoms with Crippen LogP contribution in [0.4, 0.5) is 13.2 Å². The maximum Gasteiger partial charge on any atom is 0.387 e. The predicted molar refractivity (Wildman–Crippen MR) is 125 cm³/mol. The third-order valence-electron chi connectivity index (χ3n) is 7.28. The predicted octanol–water partition coefficient (Wildman–Crippen LogP) is 5.33. The van der Waals surface area contributed by atoms with Crippen LogP contribution in [0.5, 0.6) is 5.75 Å². The first-order valence-electron chi connectivity index (χ1n) is 11.8. The number of imidazole rings is 1. The Labute approximate surface area is 205 Å². The normalized spacial score (nSPS) is 25.2. The third-order valence-corrected chi connectivity index (χ3v) is 7.28. The summed E-state index contributed by atoms with van der Waals surface area (Å²) in [5.74, 6) is -0.745. The van der Waals surface area contributed by atoms with E-state index in [1.54, 1.807) is 48.0 Å². The molecule has 0 saturated heterocycles. The van der Waals surface area contributed by atoms with Crippen LogP contribution >= 0.6 is 0 Å². The fourth-order valence-electron chi connectivity index (χ4n) is 5.61. The highest BCUT2D eigenvalue weighted by atomic mass is 19.3. The van der Waals surface area contributed by atoms with Crippen molar-refractivity contribution in [2.24, 2.45) is 0 Å². The lowest BCUT2D eigenvalue weighted by molar-refractivity contribution is -0.0506. The minimum Gasteiger partial charge on any atom is -0.435 e. The van der Waals surface area contributed by atoms with Crippen molar-refractivity contribution in [2.45, 2.75) is 56.3 Å². The Kier molecular flexibility index (Phi) is 5.31. The number of aliphatic hydroxyl groups excluding tert-OH is 1. The molecule has 2 aliphatic rings. The first-order valence-corrected chi connectivity index (χ1v) is 11.8. The SMILES string of the molecule is CC1(O)CC(c2ccc(-c3cn4c5c(nc4cc3F)[C@H](O)C[C@@H]5c3ccccc3OC(F)F)cn2)C1. The van der Waals surface area contributed by atoms with Crippen molar-refractivity contribution in [2.75, 3.05) is 0 Å². The van der Waals surface area contributed by atoms with Crippen LogP contribution in [0.15, 0.2) is 54.9 Å². The Hall–Kier alpha value is -3.43. The van der Waals surface area contributed by atoms with Gasteiger partial charge in [0.2, 0.25) is 0 Å². The molecule has 6 rings (SSSR count). The lowest BCUT2D eigenvalue weighted by Crippen LogP contribution is -2.39. The van der Waals surface area contributed by atoms with E-state index in [-0.39, 0.29) is 18.1 Å². The van der Waals surface area contributed by atoms with Crippen LogP contribution in [0.25, 0.3) is 16.8 Å². The number of halogens is 3. The lowest BCUT2D eigenvalue weighted by atomic mass is 9.70. The van der Waals surface area contributed by atoms with Crippen molar-refractivity contribution < 1.29 is 28.1 Å². The van der Waals surface area contributed by atoms with Crippen LogP contribution in [0.1, 0.15) is 66.8 Å². The van der Waals surface area contributed by atoms with Crippen LogP contribution in [-0.4, -0.2) is 36.8 Å². The summed E-state index contributed by atoms with van der Waals surface area (Å²) in [6.07, 6.45) is 3.84. The lowest BCUT2D eigenvalue weighted by Gasteiger charge is -2.40. The first kappa shape index (κ1) is 23.0. The Morgan fingerprint density at radius 2 is 1.94 bits per heavy atom. The average molecular weight is 496 g/mol. The van der Waals surface area contributed by atoms with Gasteiger partial charge in [-0.3, -0.25) is 4.98 Å². The summed E-state index contributed by atoms with van der Waals surface area (Å²) < 4.78 is 47.7. The van der Waals surface area contributed by atoms with E-state index in [2.05, 4.69) is 9.97 Å². The van der Waals surface area contributed by atoms with Gasteiger partial charge in [-0.05, 0) is 38.3 Å². The average Bonchev–Trinajstić information content (AvgIpc) is 3.34. The largest absolute Gasteiger partial charge is 0.435 e. The summed E-state index contributed by atoms with van der Waals surface area (Å²) >= 11 is 0. The van der Waals surface area contributed by atoms with Crippen molar-refractivity contribution in [1.82, 2.24) is 14.4 Å². The van der Waals surface area contributed by atoms with E-state index in [1.165, 1.54) is 12.1 Å². The molecule has 2 atom stereocenters. The molecular formula is C27H24F3N3O3. The molecule has 0 aliphatic heterocycles. The van der Waals surface area contributed by atoms with E-state index in [4.69, 9.17) is 4.74 Å². The van der Waals surface area contributed by atoms with Crippen LogP contribution in [0.2, 0.25) is 0 Å². The van der Waals surface area contributed by atoms with E-state index in [9.17, 15) is 19.0 Å². The van der Waals surface area contributed by atoms with Crippen molar-refractivity contribution in [3.63, 3.8) is 0 Å². The van der Waals surface area contributed by atoms with Crippen LogP contribution in [0, 0.1) is 5.82 Å². The maximum atomic E-state index is 15.2. The van der Waals surface area contributed by atoms with E-state index in [0.29, 0.717) is 46.6 Å². The highest BCUT2D eigenvalue weighted by molar-refractivity contribution is 5.66. The summed E-state index contributed by atoms with van der Waals surface area (Å²) in [5.41, 5.74) is 2.91. The standard InChI is InChI=1S/C27H24F3N3O3/c1-27(35)10-15(11-27)20-7-6-14(12-31-20)18-13-33-23(9-19(18)28)32-24-21(34)8-17(25(24)33)16-4-2-3-5-22(16)36-26(29)30/h2-7,9,12-13,15,17,21,26,34-35H,8,10-11H2,1H3/t15?,17-,21-,27?/m1/s1. The van der Waals surface area contributed by atoms with Gasteiger partial charge in [0.1, 0.15) is 17.2 Å². The molecule has 0 amide bonds. The number of rotatable bonds is 5. The van der Waals surface area contributed by atoms with Gasteiger partial charge in [-0.25, -0.2) is 9.37 Å². The van der Waals surface area contributed by atoms with Gasteiger partial charge in [-0.15, -0.1) is 0 Å². The van der Waals surface area contributed by atoms with Gasteiger partial charge in [-0.1, -0.05) is 24.3 Å². The van der Waals surface area contributed by atoms with E-state index in [0.717, 1.165) is 5.69 Å². The number of benzene rings is 1. The van der Waals surface area contributed by atoms with Gasteiger partial charge in [0.05, 0.1) is 23.1 Å². The summed E-state index contributed by atoms with van der Waals surface area (Å²) in [4.78, 5) is 8.96. The molecule has 3 aromatic heterocycles. The summed E-state index contributed by atoms with van der Waals surface area (Å²) in [5, 5.41) is 20.7. The Balaban J connectivity index is 1.41. The van der Waals surface area contributed by atoms with Gasteiger partial charge in [0.25, 0.3) is 0 Å². The number of ether oxygens (including phenoxy) is 1. The number of nitrogens with zero attached hydrogens (tertiary/aromatic N) is 3. The van der Waals surface area contributed by atoms with Crippen LogP contribution in [-0.2, 0) is 0 Å². The molecule has 36 heavy (non-hydrogen) atoms. The van der Waals surface area contributed by atoms with Gasteiger partial charge in [-0.2, -0.15) is 8.78 Å². The van der Waals surface area contributed by atoms with Gasteiger partial charge in [0.15, 0.2) is 0 Å². The smallest absolute Gasteiger partial charge is 0.387 e. The van der Waals surface area contributed by atoms with Gasteiger partial charge in [0, 0.05) is 52.7 Å². The molecule has 186 valence electrons. The van der Waals surface area contributed by atoms with Crippen molar-refractivity contribution in [3.05, 3.63) is 83.3 Å². The zero-order chi connectivity index (χ0) is 25.2. The molecular weight excluding hydrogens is 471 g/mol. The van der Waals surface area contributed by atoms with Gasteiger partial charge >= 0.3 is 6.61 Å². The maximum absolute atomic E-state index is 15.2. The van der Waals surface area contributed by atoms with Crippen LogP contribution < -0.4 is 4.74 Å². The number of fused-ring (bicyclic) bond motifs is 3. The molecule has 0 radical (unpaired) electrons. The highest BCUT2D eigenvalue weighted by Gasteiger charge is 2.40. The summed E-state index contributed by atoms with van der Waals surface area (Å²) in [7, 11) is 0. The zero-order valence-corrected chi connectivity index (χ0v) is 19.4. The topological polar surface area (TPSA) is 79.9 Å². The molecule has 4 aromatic rings. The molecule has 0 bridgehead atoms. The molecule has 0 spiro atoms. The molecule has 0 unspecified atom stereocenters. The molecule has 3 heterocycles.